The van der Waals surface area contributed by atoms with Gasteiger partial charge in [-0.15, -0.1) is 6.58 Å². The van der Waals surface area contributed by atoms with Crippen molar-refractivity contribution in [3.63, 3.8) is 0 Å². The number of amides is 1. The van der Waals surface area contributed by atoms with Crippen LogP contribution in [0.15, 0.2) is 30.9 Å². The quantitative estimate of drug-likeness (QED) is 0.810. The van der Waals surface area contributed by atoms with Crippen LogP contribution in [-0.4, -0.2) is 35.0 Å². The molecule has 1 aromatic rings. The number of hydrogen-bond acceptors (Lipinski definition) is 2. The lowest BCUT2D eigenvalue weighted by Crippen LogP contribution is -2.36. The molecule has 0 bridgehead atoms. The van der Waals surface area contributed by atoms with Gasteiger partial charge in [0.25, 0.3) is 5.91 Å². The van der Waals surface area contributed by atoms with Crippen LogP contribution in [0.4, 0.5) is 0 Å². The van der Waals surface area contributed by atoms with Gasteiger partial charge in [-0.2, -0.15) is 0 Å². The summed E-state index contributed by atoms with van der Waals surface area (Å²) in [7, 11) is 0. The number of carbonyl (C=O) groups is 2. The third kappa shape index (κ3) is 3.20. The molecule has 0 saturated carbocycles. The number of rotatable bonds is 5. The number of carboxylic acids is 1. The second-order valence-corrected chi connectivity index (χ2v) is 4.12. The summed E-state index contributed by atoms with van der Waals surface area (Å²) in [4.78, 5) is 24.3. The van der Waals surface area contributed by atoms with Crippen LogP contribution in [0, 0.1) is 13.8 Å². The number of carboxylic acid groups (broad SMARTS) is 1. The first-order valence-electron chi connectivity index (χ1n) is 5.65. The van der Waals surface area contributed by atoms with E-state index in [2.05, 4.69) is 6.58 Å². The average molecular weight is 247 g/mol. The molecule has 0 fully saturated rings. The van der Waals surface area contributed by atoms with Crippen LogP contribution in [-0.2, 0) is 4.79 Å². The Hall–Kier alpha value is -2.10. The number of carbonyl (C=O) groups excluding carboxylic acids is 1. The number of nitrogens with zero attached hydrogens (tertiary/aromatic N) is 1. The van der Waals surface area contributed by atoms with Gasteiger partial charge in [0.1, 0.15) is 6.54 Å². The smallest absolute Gasteiger partial charge is 0.323 e. The zero-order chi connectivity index (χ0) is 13.7. The Morgan fingerprint density at radius 2 is 2.06 bits per heavy atom. The van der Waals surface area contributed by atoms with Crippen molar-refractivity contribution in [1.82, 2.24) is 4.90 Å². The lowest BCUT2D eigenvalue weighted by Gasteiger charge is -2.20. The lowest BCUT2D eigenvalue weighted by molar-refractivity contribution is -0.137. The van der Waals surface area contributed by atoms with E-state index in [0.29, 0.717) is 5.56 Å². The van der Waals surface area contributed by atoms with Crippen molar-refractivity contribution >= 4 is 11.9 Å². The Morgan fingerprint density at radius 1 is 1.39 bits per heavy atom. The van der Waals surface area contributed by atoms with E-state index in [1.165, 1.54) is 11.0 Å². The van der Waals surface area contributed by atoms with E-state index in [-0.39, 0.29) is 19.0 Å². The molecule has 1 amide bonds. The van der Waals surface area contributed by atoms with Crippen LogP contribution in [0.5, 0.6) is 0 Å². The topological polar surface area (TPSA) is 57.6 Å². The first-order valence-corrected chi connectivity index (χ1v) is 5.65. The highest BCUT2D eigenvalue weighted by Crippen LogP contribution is 2.15. The zero-order valence-electron chi connectivity index (χ0n) is 10.6. The molecule has 4 nitrogen and oxygen atoms in total. The Balaban J connectivity index is 3.05. The van der Waals surface area contributed by atoms with Crippen molar-refractivity contribution in [3.05, 3.63) is 47.5 Å². The Kier molecular flexibility index (Phi) is 4.66. The molecule has 1 N–H and O–H groups in total. The van der Waals surface area contributed by atoms with E-state index in [4.69, 9.17) is 5.11 Å². The molecule has 0 radical (unpaired) electrons. The number of hydrogen-bond donors (Lipinski definition) is 1. The van der Waals surface area contributed by atoms with Gasteiger partial charge in [0.2, 0.25) is 0 Å². The van der Waals surface area contributed by atoms with Crippen LogP contribution in [0.1, 0.15) is 21.5 Å². The normalized spacial score (nSPS) is 9.89. The fraction of sp³-hybridized carbons (Fsp3) is 0.286. The highest BCUT2D eigenvalue weighted by Gasteiger charge is 2.19. The van der Waals surface area contributed by atoms with Gasteiger partial charge >= 0.3 is 5.97 Å². The predicted molar refractivity (Wildman–Crippen MR) is 69.7 cm³/mol. The van der Waals surface area contributed by atoms with E-state index in [1.807, 2.05) is 19.9 Å². The minimum atomic E-state index is -1.03. The molecular formula is C14H17NO3. The highest BCUT2D eigenvalue weighted by atomic mass is 16.4. The van der Waals surface area contributed by atoms with E-state index in [1.54, 1.807) is 12.1 Å². The second kappa shape index (κ2) is 6.00. The number of benzene rings is 1. The van der Waals surface area contributed by atoms with Gasteiger partial charge in [-0.1, -0.05) is 18.2 Å². The summed E-state index contributed by atoms with van der Waals surface area (Å²) in [5, 5.41) is 8.80. The standard InChI is InChI=1S/C14H17NO3/c1-4-8-15(9-13(16)17)14(18)12-7-5-6-10(2)11(12)3/h4-7H,1,8-9H2,2-3H3,(H,16,17). The van der Waals surface area contributed by atoms with Gasteiger partial charge in [-0.3, -0.25) is 9.59 Å². The van der Waals surface area contributed by atoms with Crippen LogP contribution >= 0.6 is 0 Å². The largest absolute Gasteiger partial charge is 0.480 e. The molecule has 0 unspecified atom stereocenters. The van der Waals surface area contributed by atoms with Crippen molar-refractivity contribution in [3.8, 4) is 0 Å². The number of aryl methyl sites for hydroxylation is 1. The molecule has 0 aliphatic rings. The van der Waals surface area contributed by atoms with Gasteiger partial charge in [-0.25, -0.2) is 0 Å². The van der Waals surface area contributed by atoms with Gasteiger partial charge in [0.05, 0.1) is 0 Å². The maximum atomic E-state index is 12.3. The maximum Gasteiger partial charge on any atom is 0.323 e. The minimum Gasteiger partial charge on any atom is -0.480 e. The van der Waals surface area contributed by atoms with Crippen molar-refractivity contribution in [2.75, 3.05) is 13.1 Å². The molecule has 0 saturated heterocycles. The zero-order valence-corrected chi connectivity index (χ0v) is 10.6. The Labute approximate surface area is 107 Å². The average Bonchev–Trinajstić information content (AvgIpc) is 2.31. The summed E-state index contributed by atoms with van der Waals surface area (Å²) in [5.74, 6) is -1.31. The van der Waals surface area contributed by atoms with Crippen molar-refractivity contribution < 1.29 is 14.7 Å². The Bertz CT molecular complexity index is 480. The first kappa shape index (κ1) is 14.0. The molecule has 96 valence electrons. The lowest BCUT2D eigenvalue weighted by atomic mass is 10.0. The van der Waals surface area contributed by atoms with Crippen LogP contribution in [0.2, 0.25) is 0 Å². The minimum absolute atomic E-state index is 0.221. The van der Waals surface area contributed by atoms with Crippen LogP contribution in [0.25, 0.3) is 0 Å². The maximum absolute atomic E-state index is 12.3. The summed E-state index contributed by atoms with van der Waals surface area (Å²) in [6.45, 7) is 7.21. The molecule has 0 atom stereocenters. The summed E-state index contributed by atoms with van der Waals surface area (Å²) in [5.41, 5.74) is 2.43. The molecule has 0 aromatic heterocycles. The SMILES string of the molecule is C=CCN(CC(=O)O)C(=O)c1cccc(C)c1C. The Morgan fingerprint density at radius 3 is 2.61 bits per heavy atom. The van der Waals surface area contributed by atoms with Crippen molar-refractivity contribution in [1.29, 1.82) is 0 Å². The predicted octanol–water partition coefficient (Wildman–Crippen LogP) is 2.02. The molecule has 4 heteroatoms. The monoisotopic (exact) mass is 247 g/mol. The third-order valence-corrected chi connectivity index (χ3v) is 2.80. The summed E-state index contributed by atoms with van der Waals surface area (Å²) in [6, 6.07) is 5.42. The van der Waals surface area contributed by atoms with Crippen LogP contribution in [0.3, 0.4) is 0 Å². The summed E-state index contributed by atoms with van der Waals surface area (Å²) >= 11 is 0. The molecule has 0 heterocycles. The van der Waals surface area contributed by atoms with Gasteiger partial charge in [0, 0.05) is 12.1 Å². The van der Waals surface area contributed by atoms with Gasteiger partial charge in [0.15, 0.2) is 0 Å². The van der Waals surface area contributed by atoms with Crippen molar-refractivity contribution in [2.45, 2.75) is 13.8 Å². The first-order chi connectivity index (χ1) is 8.47. The van der Waals surface area contributed by atoms with E-state index >= 15 is 0 Å². The molecule has 1 aromatic carbocycles. The van der Waals surface area contributed by atoms with Crippen LogP contribution < -0.4 is 0 Å². The van der Waals surface area contributed by atoms with Gasteiger partial charge < -0.3 is 10.0 Å². The molecule has 0 spiro atoms. The molecule has 0 aliphatic heterocycles. The molecule has 0 aliphatic carbocycles. The van der Waals surface area contributed by atoms with E-state index in [9.17, 15) is 9.59 Å². The second-order valence-electron chi connectivity index (χ2n) is 4.12. The van der Waals surface area contributed by atoms with E-state index < -0.39 is 5.97 Å². The van der Waals surface area contributed by atoms with Crippen molar-refractivity contribution in [2.24, 2.45) is 0 Å². The highest BCUT2D eigenvalue weighted by molar-refractivity contribution is 5.97. The summed E-state index contributed by atoms with van der Waals surface area (Å²) in [6.07, 6.45) is 1.52. The molecule has 18 heavy (non-hydrogen) atoms. The fourth-order valence-electron chi connectivity index (χ4n) is 1.69. The fourth-order valence-corrected chi connectivity index (χ4v) is 1.69. The molecular weight excluding hydrogens is 230 g/mol. The summed E-state index contributed by atoms with van der Waals surface area (Å²) < 4.78 is 0. The van der Waals surface area contributed by atoms with E-state index in [0.717, 1.165) is 11.1 Å². The van der Waals surface area contributed by atoms with Gasteiger partial charge in [-0.05, 0) is 31.0 Å². The molecule has 1 rings (SSSR count). The third-order valence-electron chi connectivity index (χ3n) is 2.80. The number of aliphatic carboxylic acids is 1.